The number of benzene rings is 1. The molecule has 0 amide bonds. The van der Waals surface area contributed by atoms with E-state index in [0.29, 0.717) is 0 Å². The zero-order valence-corrected chi connectivity index (χ0v) is 7.49. The van der Waals surface area contributed by atoms with Gasteiger partial charge in [-0.25, -0.2) is 0 Å². The van der Waals surface area contributed by atoms with Crippen molar-refractivity contribution in [2.45, 2.75) is 33.6 Å². The molecule has 0 heteroatoms. The molecule has 0 aliphatic carbocycles. The lowest BCUT2D eigenvalue weighted by Gasteiger charge is -2.02. The minimum absolute atomic E-state index is 1.13. The van der Waals surface area contributed by atoms with Gasteiger partial charge in [-0.2, -0.15) is 0 Å². The van der Waals surface area contributed by atoms with E-state index >= 15 is 0 Å². The summed E-state index contributed by atoms with van der Waals surface area (Å²) in [4.78, 5) is 0. The topological polar surface area (TPSA) is 0 Å². The van der Waals surface area contributed by atoms with Gasteiger partial charge in [-0.05, 0) is 49.1 Å². The van der Waals surface area contributed by atoms with Gasteiger partial charge < -0.3 is 0 Å². The first-order chi connectivity index (χ1) is 5.24. The summed E-state index contributed by atoms with van der Waals surface area (Å²) in [6, 6.07) is 8.58. The van der Waals surface area contributed by atoms with Crippen LogP contribution in [0.1, 0.15) is 30.0 Å². The monoisotopic (exact) mass is 146 g/mol. The molecular weight excluding hydrogens is 132 g/mol. The molecule has 0 saturated heterocycles. The lowest BCUT2D eigenvalue weighted by molar-refractivity contribution is 0.909. The summed E-state index contributed by atoms with van der Waals surface area (Å²) in [5.74, 6) is 0. The molecule has 1 aromatic rings. The molecule has 0 atom stereocenters. The molecule has 0 unspecified atom stereocenters. The van der Waals surface area contributed by atoms with Crippen LogP contribution < -0.4 is 0 Å². The average molecular weight is 146 g/mol. The third-order valence-electron chi connectivity index (χ3n) is 1.80. The quantitative estimate of drug-likeness (QED) is 0.602. The Morgan fingerprint density at radius 3 is 2.64 bits per heavy atom. The minimum atomic E-state index is 1.13. The summed E-state index contributed by atoms with van der Waals surface area (Å²) in [6.07, 6.45) is 2.32. The van der Waals surface area contributed by atoms with Crippen molar-refractivity contribution in [1.82, 2.24) is 0 Å². The van der Waals surface area contributed by atoms with Crippen molar-refractivity contribution in [2.24, 2.45) is 0 Å². The Balaban J connectivity index is 2.90. The van der Waals surface area contributed by atoms with E-state index in [4.69, 9.17) is 0 Å². The average Bonchev–Trinajstić information content (AvgIpc) is 1.95. The summed E-state index contributed by atoms with van der Waals surface area (Å²) in [5.41, 5.74) is 3.76. The van der Waals surface area contributed by atoms with Crippen molar-refractivity contribution in [2.75, 3.05) is 0 Å². The van der Waals surface area contributed by atoms with Crippen LogP contribution in [0.25, 0.3) is 0 Å². The smallest absolute Gasteiger partial charge is 0.0117 e. The molecule has 0 fully saturated rings. The molecule has 11 heavy (non-hydrogen) atoms. The first kappa shape index (κ1) is 8.32. The van der Waals surface area contributed by atoms with Crippen LogP contribution >= 0.6 is 0 Å². The van der Waals surface area contributed by atoms with Crippen molar-refractivity contribution >= 4 is 0 Å². The molecule has 1 aromatic carbocycles. The van der Waals surface area contributed by atoms with Crippen molar-refractivity contribution in [1.29, 1.82) is 0 Å². The fourth-order valence-corrected chi connectivity index (χ4v) is 1.22. The van der Waals surface area contributed by atoms with Crippen molar-refractivity contribution < 1.29 is 0 Å². The van der Waals surface area contributed by atoms with Crippen molar-refractivity contribution in [3.8, 4) is 0 Å². The maximum Gasteiger partial charge on any atom is -0.0117 e. The van der Waals surface area contributed by atoms with Crippen LogP contribution in [-0.2, 0) is 6.42 Å². The second-order valence-corrected chi connectivity index (χ2v) is 2.95. The molecule has 0 nitrogen and oxygen atoms in total. The summed E-state index contributed by atoms with van der Waals surface area (Å²) >= 11 is 0. The van der Waals surface area contributed by atoms with E-state index in [1.54, 1.807) is 0 Å². The Morgan fingerprint density at radius 2 is 2.09 bits per heavy atom. The van der Waals surface area contributed by atoms with Gasteiger partial charge in [-0.1, -0.05) is 19.4 Å². The number of rotatable bonds is 2. The van der Waals surface area contributed by atoms with E-state index in [-0.39, 0.29) is 0 Å². The first-order valence-electron chi connectivity index (χ1n) is 4.14. The van der Waals surface area contributed by atoms with Crippen LogP contribution in [0.5, 0.6) is 0 Å². The largest absolute Gasteiger partial charge is 0.0651 e. The Hall–Kier alpha value is -0.780. The summed E-state index contributed by atoms with van der Waals surface area (Å²) in [5, 5.41) is 0. The minimum Gasteiger partial charge on any atom is -0.0651 e. The predicted octanol–water partition coefficient (Wildman–Crippen LogP) is 2.86. The highest BCUT2D eigenvalue weighted by molar-refractivity contribution is 5.27. The molecule has 0 bridgehead atoms. The zero-order valence-electron chi connectivity index (χ0n) is 7.49. The fourth-order valence-electron chi connectivity index (χ4n) is 1.22. The molecule has 0 N–H and O–H groups in total. The van der Waals surface area contributed by atoms with Gasteiger partial charge >= 0.3 is 0 Å². The van der Waals surface area contributed by atoms with Gasteiger partial charge in [0.25, 0.3) is 0 Å². The normalized spacial score (nSPS) is 10.1. The van der Waals surface area contributed by atoms with Crippen LogP contribution in [0.3, 0.4) is 0 Å². The van der Waals surface area contributed by atoms with Crippen LogP contribution in [0, 0.1) is 26.0 Å². The summed E-state index contributed by atoms with van der Waals surface area (Å²) < 4.78 is 0. The molecule has 0 aromatic heterocycles. The van der Waals surface area contributed by atoms with Gasteiger partial charge in [0, 0.05) is 0 Å². The van der Waals surface area contributed by atoms with Gasteiger partial charge in [0.15, 0.2) is 0 Å². The fraction of sp³-hybridized carbons (Fsp3) is 0.455. The molecule has 0 aliphatic rings. The van der Waals surface area contributed by atoms with Crippen molar-refractivity contribution in [3.05, 3.63) is 34.9 Å². The highest BCUT2D eigenvalue weighted by Gasteiger charge is 1.96. The van der Waals surface area contributed by atoms with E-state index in [1.807, 2.05) is 6.07 Å². The summed E-state index contributed by atoms with van der Waals surface area (Å²) in [7, 11) is 0. The van der Waals surface area contributed by atoms with Crippen molar-refractivity contribution in [3.63, 3.8) is 0 Å². The number of hydrogen-bond donors (Lipinski definition) is 0. The summed E-state index contributed by atoms with van der Waals surface area (Å²) in [6.45, 7) is 6.35. The maximum absolute atomic E-state index is 3.29. The van der Waals surface area contributed by atoms with E-state index < -0.39 is 0 Å². The van der Waals surface area contributed by atoms with Crippen LogP contribution in [0.4, 0.5) is 0 Å². The van der Waals surface area contributed by atoms with Gasteiger partial charge in [0.05, 0.1) is 0 Å². The SMILES string of the molecule is CCCc1[c]cc(C)[c]c1C. The lowest BCUT2D eigenvalue weighted by atomic mass is 10.0. The molecule has 0 heterocycles. The third-order valence-corrected chi connectivity index (χ3v) is 1.80. The Bertz CT molecular complexity index is 236. The molecular formula is C11H14. The van der Waals surface area contributed by atoms with E-state index in [0.717, 1.165) is 6.42 Å². The Labute approximate surface area is 69.3 Å². The van der Waals surface area contributed by atoms with Gasteiger partial charge in [-0.3, -0.25) is 0 Å². The Kier molecular flexibility index (Phi) is 2.70. The molecule has 58 valence electrons. The van der Waals surface area contributed by atoms with Crippen LogP contribution in [-0.4, -0.2) is 0 Å². The molecule has 0 spiro atoms. The van der Waals surface area contributed by atoms with E-state index in [9.17, 15) is 0 Å². The predicted molar refractivity (Wildman–Crippen MR) is 47.6 cm³/mol. The molecule has 0 aliphatic heterocycles. The standard InChI is InChI=1S/C11H14/c1-4-5-11-7-6-9(2)8-10(11)3/h6H,4-5H2,1-3H3. The maximum atomic E-state index is 3.29. The van der Waals surface area contributed by atoms with Gasteiger partial charge in [-0.15, -0.1) is 0 Å². The first-order valence-corrected chi connectivity index (χ1v) is 4.14. The molecule has 1 rings (SSSR count). The third kappa shape index (κ3) is 2.07. The van der Waals surface area contributed by atoms with Crippen LogP contribution in [0.2, 0.25) is 0 Å². The van der Waals surface area contributed by atoms with Gasteiger partial charge in [0.2, 0.25) is 0 Å². The van der Waals surface area contributed by atoms with E-state index in [1.165, 1.54) is 23.1 Å². The highest BCUT2D eigenvalue weighted by Crippen LogP contribution is 2.10. The second-order valence-electron chi connectivity index (χ2n) is 2.95. The van der Waals surface area contributed by atoms with Crippen LogP contribution in [0.15, 0.2) is 6.07 Å². The van der Waals surface area contributed by atoms with Gasteiger partial charge in [0.1, 0.15) is 0 Å². The molecule has 0 saturated carbocycles. The number of hydrogen-bond acceptors (Lipinski definition) is 0. The highest BCUT2D eigenvalue weighted by atomic mass is 14.0. The Morgan fingerprint density at radius 1 is 1.36 bits per heavy atom. The lowest BCUT2D eigenvalue weighted by Crippen LogP contribution is -1.89. The van der Waals surface area contributed by atoms with E-state index in [2.05, 4.69) is 32.9 Å². The number of aryl methyl sites for hydroxylation is 3. The molecule has 2 radical (unpaired) electrons. The zero-order chi connectivity index (χ0) is 8.27. The second kappa shape index (κ2) is 3.56.